The van der Waals surface area contributed by atoms with Gasteiger partial charge < -0.3 is 4.74 Å². The van der Waals surface area contributed by atoms with Crippen molar-refractivity contribution in [1.82, 2.24) is 0 Å². The summed E-state index contributed by atoms with van der Waals surface area (Å²) in [5, 5.41) is 19.9. The predicted octanol–water partition coefficient (Wildman–Crippen LogP) is 3.38. The molecule has 0 bridgehead atoms. The average Bonchev–Trinajstić information content (AvgIpc) is 2.49. The number of rotatable bonds is 4. The van der Waals surface area contributed by atoms with E-state index in [0.717, 1.165) is 0 Å². The normalized spacial score (nSPS) is 9.71. The van der Waals surface area contributed by atoms with Gasteiger partial charge >= 0.3 is 0 Å². The highest BCUT2D eigenvalue weighted by Gasteiger charge is 2.12. The number of non-ortho nitro benzene ring substituents is 1. The molecule has 0 spiro atoms. The van der Waals surface area contributed by atoms with Crippen molar-refractivity contribution in [2.24, 2.45) is 0 Å². The molecule has 0 heterocycles. The number of ether oxygens (including phenoxy) is 1. The molecule has 0 saturated carbocycles. The SMILES string of the molecule is Cc1ccc([N+](=O)[O-])cc1Oc1ccc(C=O)cc1C#N. The third-order valence-corrected chi connectivity index (χ3v) is 2.86. The van der Waals surface area contributed by atoms with Crippen LogP contribution in [-0.2, 0) is 0 Å². The van der Waals surface area contributed by atoms with Crippen LogP contribution >= 0.6 is 0 Å². The van der Waals surface area contributed by atoms with Gasteiger partial charge in [-0.05, 0) is 36.8 Å². The summed E-state index contributed by atoms with van der Waals surface area (Å²) in [7, 11) is 0. The highest BCUT2D eigenvalue weighted by atomic mass is 16.6. The number of hydrogen-bond acceptors (Lipinski definition) is 5. The van der Waals surface area contributed by atoms with Crippen LogP contribution in [0.5, 0.6) is 11.5 Å². The molecule has 0 N–H and O–H groups in total. The third kappa shape index (κ3) is 3.04. The predicted molar refractivity (Wildman–Crippen MR) is 74.5 cm³/mol. The molecule has 0 unspecified atom stereocenters. The van der Waals surface area contributed by atoms with Crippen LogP contribution in [0.1, 0.15) is 21.5 Å². The molecule has 2 aromatic carbocycles. The van der Waals surface area contributed by atoms with Gasteiger partial charge in [-0.1, -0.05) is 0 Å². The van der Waals surface area contributed by atoms with Crippen molar-refractivity contribution in [2.45, 2.75) is 6.92 Å². The fourth-order valence-corrected chi connectivity index (χ4v) is 1.73. The molecule has 2 aromatic rings. The first kappa shape index (κ1) is 14.2. The third-order valence-electron chi connectivity index (χ3n) is 2.86. The van der Waals surface area contributed by atoms with E-state index >= 15 is 0 Å². The Kier molecular flexibility index (Phi) is 3.95. The van der Waals surface area contributed by atoms with Crippen LogP contribution in [0.15, 0.2) is 36.4 Å². The number of nitro groups is 1. The lowest BCUT2D eigenvalue weighted by Gasteiger charge is -2.10. The summed E-state index contributed by atoms with van der Waals surface area (Å²) in [6.07, 6.45) is 0.628. The largest absolute Gasteiger partial charge is 0.455 e. The standard InChI is InChI=1S/C15H10N2O4/c1-10-2-4-13(17(19)20)7-15(10)21-14-5-3-11(9-18)6-12(14)8-16/h2-7,9H,1H3. The van der Waals surface area contributed by atoms with Crippen molar-refractivity contribution in [1.29, 1.82) is 5.26 Å². The van der Waals surface area contributed by atoms with E-state index < -0.39 is 4.92 Å². The number of aryl methyl sites for hydroxylation is 1. The number of benzene rings is 2. The molecule has 0 aromatic heterocycles. The van der Waals surface area contributed by atoms with E-state index in [4.69, 9.17) is 10.00 Å². The molecule has 0 amide bonds. The van der Waals surface area contributed by atoms with Crippen molar-refractivity contribution >= 4 is 12.0 Å². The second kappa shape index (κ2) is 5.84. The van der Waals surface area contributed by atoms with Crippen molar-refractivity contribution in [3.05, 3.63) is 63.2 Å². The van der Waals surface area contributed by atoms with Crippen molar-refractivity contribution < 1.29 is 14.5 Å². The smallest absolute Gasteiger partial charge is 0.273 e. The first-order valence-electron chi connectivity index (χ1n) is 5.97. The lowest BCUT2D eigenvalue weighted by Crippen LogP contribution is -1.94. The van der Waals surface area contributed by atoms with Crippen LogP contribution in [0.2, 0.25) is 0 Å². The van der Waals surface area contributed by atoms with E-state index in [1.165, 1.54) is 30.3 Å². The second-order valence-electron chi connectivity index (χ2n) is 4.29. The van der Waals surface area contributed by atoms with Gasteiger partial charge in [0.15, 0.2) is 0 Å². The zero-order valence-electron chi connectivity index (χ0n) is 11.1. The summed E-state index contributed by atoms with van der Waals surface area (Å²) in [5.41, 5.74) is 1.14. The monoisotopic (exact) mass is 282 g/mol. The first-order chi connectivity index (χ1) is 10.0. The van der Waals surface area contributed by atoms with Crippen LogP contribution in [0.3, 0.4) is 0 Å². The Bertz CT molecular complexity index is 763. The molecule has 0 fully saturated rings. The van der Waals surface area contributed by atoms with E-state index in [1.54, 1.807) is 13.0 Å². The minimum atomic E-state index is -0.521. The van der Waals surface area contributed by atoms with Gasteiger partial charge in [-0.25, -0.2) is 0 Å². The van der Waals surface area contributed by atoms with E-state index in [1.807, 2.05) is 6.07 Å². The van der Waals surface area contributed by atoms with Crippen LogP contribution in [0.4, 0.5) is 5.69 Å². The lowest BCUT2D eigenvalue weighted by molar-refractivity contribution is -0.384. The Morgan fingerprint density at radius 1 is 1.24 bits per heavy atom. The maximum atomic E-state index is 10.8. The number of nitriles is 1. The van der Waals surface area contributed by atoms with Gasteiger partial charge in [0.25, 0.3) is 5.69 Å². The molecule has 6 heteroatoms. The van der Waals surface area contributed by atoms with E-state index in [0.29, 0.717) is 23.2 Å². The van der Waals surface area contributed by atoms with Gasteiger partial charge in [0.2, 0.25) is 0 Å². The summed E-state index contributed by atoms with van der Waals surface area (Å²) in [6.45, 7) is 1.74. The number of carbonyl (C=O) groups excluding carboxylic acids is 1. The second-order valence-corrected chi connectivity index (χ2v) is 4.29. The molecule has 0 atom stereocenters. The Hall–Kier alpha value is -3.20. The molecule has 0 aliphatic carbocycles. The molecule has 2 rings (SSSR count). The molecule has 6 nitrogen and oxygen atoms in total. The Labute approximate surface area is 120 Å². The maximum Gasteiger partial charge on any atom is 0.273 e. The minimum absolute atomic E-state index is 0.0985. The topological polar surface area (TPSA) is 93.2 Å². The number of aldehydes is 1. The van der Waals surface area contributed by atoms with Crippen molar-refractivity contribution in [2.75, 3.05) is 0 Å². The zero-order chi connectivity index (χ0) is 15.4. The highest BCUT2D eigenvalue weighted by molar-refractivity contribution is 5.76. The van der Waals surface area contributed by atoms with Crippen molar-refractivity contribution in [3.8, 4) is 17.6 Å². The highest BCUT2D eigenvalue weighted by Crippen LogP contribution is 2.30. The van der Waals surface area contributed by atoms with Gasteiger partial charge in [0.05, 0.1) is 16.6 Å². The fraction of sp³-hybridized carbons (Fsp3) is 0.0667. The van der Waals surface area contributed by atoms with Crippen LogP contribution in [-0.4, -0.2) is 11.2 Å². The molecular formula is C15H10N2O4. The Balaban J connectivity index is 2.43. The molecular weight excluding hydrogens is 272 g/mol. The number of carbonyl (C=O) groups is 1. The zero-order valence-corrected chi connectivity index (χ0v) is 11.1. The van der Waals surface area contributed by atoms with Crippen LogP contribution in [0.25, 0.3) is 0 Å². The molecule has 104 valence electrons. The van der Waals surface area contributed by atoms with Gasteiger partial charge in [-0.3, -0.25) is 14.9 Å². The summed E-state index contributed by atoms with van der Waals surface area (Å²) >= 11 is 0. The fourth-order valence-electron chi connectivity index (χ4n) is 1.73. The summed E-state index contributed by atoms with van der Waals surface area (Å²) in [5.74, 6) is 0.534. The molecule has 0 aliphatic rings. The number of nitro benzene ring substituents is 1. The van der Waals surface area contributed by atoms with Crippen LogP contribution in [0, 0.1) is 28.4 Å². The van der Waals surface area contributed by atoms with Crippen molar-refractivity contribution in [3.63, 3.8) is 0 Å². The quantitative estimate of drug-likeness (QED) is 0.486. The number of hydrogen-bond donors (Lipinski definition) is 0. The molecule has 0 radical (unpaired) electrons. The Morgan fingerprint density at radius 3 is 2.62 bits per heavy atom. The summed E-state index contributed by atoms with van der Waals surface area (Å²) in [4.78, 5) is 21.0. The van der Waals surface area contributed by atoms with E-state index in [-0.39, 0.29) is 17.0 Å². The van der Waals surface area contributed by atoms with Crippen LogP contribution < -0.4 is 4.74 Å². The van der Waals surface area contributed by atoms with Gasteiger partial charge in [0, 0.05) is 11.6 Å². The van der Waals surface area contributed by atoms with Gasteiger partial charge in [-0.15, -0.1) is 0 Å². The van der Waals surface area contributed by atoms with Gasteiger partial charge in [-0.2, -0.15) is 5.26 Å². The van der Waals surface area contributed by atoms with Gasteiger partial charge in [0.1, 0.15) is 23.9 Å². The number of nitrogens with zero attached hydrogens (tertiary/aromatic N) is 2. The average molecular weight is 282 g/mol. The molecule has 21 heavy (non-hydrogen) atoms. The first-order valence-corrected chi connectivity index (χ1v) is 5.97. The molecule has 0 saturated heterocycles. The minimum Gasteiger partial charge on any atom is -0.455 e. The van der Waals surface area contributed by atoms with E-state index in [2.05, 4.69) is 0 Å². The Morgan fingerprint density at radius 2 is 2.00 bits per heavy atom. The molecule has 0 aliphatic heterocycles. The summed E-state index contributed by atoms with van der Waals surface area (Å²) in [6, 6.07) is 10.6. The maximum absolute atomic E-state index is 10.8. The lowest BCUT2D eigenvalue weighted by atomic mass is 10.1. The van der Waals surface area contributed by atoms with E-state index in [9.17, 15) is 14.9 Å². The summed E-state index contributed by atoms with van der Waals surface area (Å²) < 4.78 is 5.58.